The Kier molecular flexibility index (Phi) is 15.4. The van der Waals surface area contributed by atoms with Crippen LogP contribution >= 0.6 is 8.25 Å². The zero-order chi connectivity index (χ0) is 9.82. The monoisotopic (exact) mass is 191 g/mol. The average Bonchev–Trinajstić information content (AvgIpc) is 2.06. The second kappa shape index (κ2) is 13.1. The van der Waals surface area contributed by atoms with Gasteiger partial charge < -0.3 is 0 Å². The molecule has 0 amide bonds. The summed E-state index contributed by atoms with van der Waals surface area (Å²) < 4.78 is 19.5. The van der Waals surface area contributed by atoms with Gasteiger partial charge in [0.1, 0.15) is 13.2 Å². The molecule has 4 heteroatoms. The van der Waals surface area contributed by atoms with Gasteiger partial charge in [0.25, 0.3) is 0 Å². The molecule has 0 spiro atoms. The Labute approximate surface area is 75.0 Å². The van der Waals surface area contributed by atoms with Crippen molar-refractivity contribution in [3.63, 3.8) is 0 Å². The smallest absolute Gasteiger partial charge is 0.119 e. The summed E-state index contributed by atoms with van der Waals surface area (Å²) in [6, 6.07) is 0. The third-order valence-electron chi connectivity index (χ3n) is 0.636. The standard InChI is InChI=1S/C4H10O3P.C4H6/c1-3-6-8(5)7-4-2;1-3-4-2/h3-4H2,1-2H3;3-4H,1-2H2/q+1;. The lowest BCUT2D eigenvalue weighted by Gasteiger charge is -1.78. The molecule has 0 fully saturated rings. The minimum absolute atomic E-state index is 0.440. The van der Waals surface area contributed by atoms with Crippen molar-refractivity contribution in [3.8, 4) is 0 Å². The molecule has 0 saturated carbocycles. The maximum atomic E-state index is 10.3. The third kappa shape index (κ3) is 16.2. The van der Waals surface area contributed by atoms with Gasteiger partial charge in [0, 0.05) is 4.57 Å². The summed E-state index contributed by atoms with van der Waals surface area (Å²) in [5.41, 5.74) is 0. The van der Waals surface area contributed by atoms with Gasteiger partial charge in [0.2, 0.25) is 0 Å². The van der Waals surface area contributed by atoms with Crippen LogP contribution in [-0.4, -0.2) is 13.2 Å². The van der Waals surface area contributed by atoms with Crippen molar-refractivity contribution in [2.45, 2.75) is 13.8 Å². The molecule has 0 saturated heterocycles. The Hall–Kier alpha value is -0.500. The molecule has 0 atom stereocenters. The molecule has 12 heavy (non-hydrogen) atoms. The molecule has 0 unspecified atom stereocenters. The first kappa shape index (κ1) is 14.0. The highest BCUT2D eigenvalue weighted by Crippen LogP contribution is 2.21. The van der Waals surface area contributed by atoms with Gasteiger partial charge in [-0.3, -0.25) is 0 Å². The SMILES string of the molecule is C=CC=C.CCO[P+](=O)OCC. The van der Waals surface area contributed by atoms with Crippen LogP contribution in [0.15, 0.2) is 25.3 Å². The van der Waals surface area contributed by atoms with Crippen LogP contribution < -0.4 is 0 Å². The maximum absolute atomic E-state index is 10.3. The van der Waals surface area contributed by atoms with Gasteiger partial charge in [-0.2, -0.15) is 0 Å². The van der Waals surface area contributed by atoms with E-state index >= 15 is 0 Å². The van der Waals surface area contributed by atoms with Crippen molar-refractivity contribution in [1.82, 2.24) is 0 Å². The Morgan fingerprint density at radius 3 is 1.67 bits per heavy atom. The summed E-state index contributed by atoms with van der Waals surface area (Å²) in [5, 5.41) is 0. The van der Waals surface area contributed by atoms with E-state index in [4.69, 9.17) is 0 Å². The summed E-state index contributed by atoms with van der Waals surface area (Å²) in [6.07, 6.45) is 3.28. The Morgan fingerprint density at radius 2 is 1.50 bits per heavy atom. The fourth-order valence-electron chi connectivity index (χ4n) is 0.248. The van der Waals surface area contributed by atoms with Crippen molar-refractivity contribution < 1.29 is 13.6 Å². The fraction of sp³-hybridized carbons (Fsp3) is 0.500. The highest BCUT2D eigenvalue weighted by Gasteiger charge is 2.15. The Morgan fingerprint density at radius 1 is 1.17 bits per heavy atom. The lowest BCUT2D eigenvalue weighted by Crippen LogP contribution is -1.81. The van der Waals surface area contributed by atoms with Crippen LogP contribution in [0.4, 0.5) is 0 Å². The van der Waals surface area contributed by atoms with E-state index < -0.39 is 8.25 Å². The van der Waals surface area contributed by atoms with Gasteiger partial charge in [-0.25, -0.2) is 0 Å². The van der Waals surface area contributed by atoms with E-state index in [1.54, 1.807) is 26.0 Å². The van der Waals surface area contributed by atoms with E-state index in [2.05, 4.69) is 22.2 Å². The van der Waals surface area contributed by atoms with Crippen LogP contribution in [-0.2, 0) is 13.6 Å². The zero-order valence-corrected chi connectivity index (χ0v) is 8.55. The molecule has 3 nitrogen and oxygen atoms in total. The normalized spacial score (nSPS) is 7.83. The van der Waals surface area contributed by atoms with Crippen molar-refractivity contribution >= 4 is 8.25 Å². The van der Waals surface area contributed by atoms with E-state index in [-0.39, 0.29) is 0 Å². The average molecular weight is 191 g/mol. The van der Waals surface area contributed by atoms with Crippen molar-refractivity contribution in [1.29, 1.82) is 0 Å². The first-order valence-corrected chi connectivity index (χ1v) is 4.78. The minimum atomic E-state index is -1.83. The summed E-state index contributed by atoms with van der Waals surface area (Å²) in [6.45, 7) is 11.1. The summed E-state index contributed by atoms with van der Waals surface area (Å²) in [4.78, 5) is 0. The molecule has 0 aromatic rings. The van der Waals surface area contributed by atoms with Crippen LogP contribution in [0.5, 0.6) is 0 Å². The molecular weight excluding hydrogens is 175 g/mol. The Balaban J connectivity index is 0. The largest absolute Gasteiger partial charge is 0.697 e. The Bertz CT molecular complexity index is 120. The molecule has 0 aromatic carbocycles. The van der Waals surface area contributed by atoms with Crippen molar-refractivity contribution in [2.75, 3.05) is 13.2 Å². The van der Waals surface area contributed by atoms with Gasteiger partial charge in [0.15, 0.2) is 0 Å². The molecule has 0 rings (SSSR count). The first-order chi connectivity index (χ1) is 5.72. The van der Waals surface area contributed by atoms with Crippen LogP contribution in [0.2, 0.25) is 0 Å². The predicted molar refractivity (Wildman–Crippen MR) is 51.3 cm³/mol. The van der Waals surface area contributed by atoms with E-state index in [9.17, 15) is 4.57 Å². The van der Waals surface area contributed by atoms with Crippen LogP contribution in [0.25, 0.3) is 0 Å². The quantitative estimate of drug-likeness (QED) is 0.494. The molecule has 0 heterocycles. The molecular formula is C8H16O3P+. The van der Waals surface area contributed by atoms with Gasteiger partial charge in [0.05, 0.1) is 0 Å². The van der Waals surface area contributed by atoms with Gasteiger partial charge in [-0.05, 0) is 13.8 Å². The van der Waals surface area contributed by atoms with E-state index in [0.717, 1.165) is 0 Å². The number of hydrogen-bond donors (Lipinski definition) is 0. The molecule has 0 aliphatic carbocycles. The van der Waals surface area contributed by atoms with Gasteiger partial charge in [-0.15, -0.1) is 9.05 Å². The number of rotatable bonds is 5. The topological polar surface area (TPSA) is 35.5 Å². The lowest BCUT2D eigenvalue weighted by molar-refractivity contribution is 0.243. The minimum Gasteiger partial charge on any atom is -0.119 e. The van der Waals surface area contributed by atoms with Gasteiger partial charge >= 0.3 is 8.25 Å². The number of allylic oxidation sites excluding steroid dienone is 2. The molecule has 0 aliphatic rings. The van der Waals surface area contributed by atoms with Crippen LogP contribution in [0.3, 0.4) is 0 Å². The molecule has 70 valence electrons. The fourth-order valence-corrected chi connectivity index (χ4v) is 0.744. The van der Waals surface area contributed by atoms with E-state index in [0.29, 0.717) is 13.2 Å². The number of hydrogen-bond acceptors (Lipinski definition) is 3. The third-order valence-corrected chi connectivity index (χ3v) is 1.57. The van der Waals surface area contributed by atoms with E-state index in [1.165, 1.54) is 0 Å². The van der Waals surface area contributed by atoms with Crippen LogP contribution in [0.1, 0.15) is 13.8 Å². The summed E-state index contributed by atoms with van der Waals surface area (Å²) in [7, 11) is -1.83. The zero-order valence-electron chi connectivity index (χ0n) is 7.66. The molecule has 0 bridgehead atoms. The maximum Gasteiger partial charge on any atom is 0.697 e. The molecule has 0 aliphatic heterocycles. The van der Waals surface area contributed by atoms with E-state index in [1.807, 2.05) is 0 Å². The molecule has 0 N–H and O–H groups in total. The van der Waals surface area contributed by atoms with Gasteiger partial charge in [-0.1, -0.05) is 25.3 Å². The highest BCUT2D eigenvalue weighted by atomic mass is 31.1. The summed E-state index contributed by atoms with van der Waals surface area (Å²) >= 11 is 0. The van der Waals surface area contributed by atoms with Crippen LogP contribution in [0, 0.1) is 0 Å². The molecule has 0 radical (unpaired) electrons. The second-order valence-corrected chi connectivity index (χ2v) is 2.49. The lowest BCUT2D eigenvalue weighted by atomic mass is 10.6. The first-order valence-electron chi connectivity index (χ1n) is 3.69. The van der Waals surface area contributed by atoms with Crippen molar-refractivity contribution in [2.24, 2.45) is 0 Å². The van der Waals surface area contributed by atoms with Crippen molar-refractivity contribution in [3.05, 3.63) is 25.3 Å². The highest BCUT2D eigenvalue weighted by molar-refractivity contribution is 7.33. The molecule has 0 aromatic heterocycles. The second-order valence-electron chi connectivity index (χ2n) is 1.53. The summed E-state index contributed by atoms with van der Waals surface area (Å²) in [5.74, 6) is 0. The predicted octanol–water partition coefficient (Wildman–Crippen LogP) is 3.08.